The molecule has 24 heavy (non-hydrogen) atoms. The molecule has 1 unspecified atom stereocenters. The lowest BCUT2D eigenvalue weighted by molar-refractivity contribution is 0.402. The maximum absolute atomic E-state index is 9.97. The smallest absolute Gasteiger partial charge is 0.157 e. The minimum atomic E-state index is -0.414. The topological polar surface area (TPSA) is 52.5 Å². The van der Waals surface area contributed by atoms with Gasteiger partial charge in [0.05, 0.1) is 4.32 Å². The van der Waals surface area contributed by atoms with E-state index in [0.29, 0.717) is 0 Å². The van der Waals surface area contributed by atoms with Crippen LogP contribution >= 0.6 is 32.9 Å². The van der Waals surface area contributed by atoms with Crippen molar-refractivity contribution >= 4 is 43.8 Å². The Morgan fingerprint density at radius 2 is 1.71 bits per heavy atom. The maximum atomic E-state index is 9.97. The molecule has 0 aromatic heterocycles. The third-order valence-corrected chi connectivity index (χ3v) is 6.73. The molecule has 0 aliphatic carbocycles. The van der Waals surface area contributed by atoms with Gasteiger partial charge in [-0.15, -0.1) is 17.0 Å². The number of aromatic hydroxyl groups is 2. The van der Waals surface area contributed by atoms with Crippen LogP contribution in [-0.4, -0.2) is 35.8 Å². The van der Waals surface area contributed by atoms with E-state index in [4.69, 9.17) is 0 Å². The van der Waals surface area contributed by atoms with E-state index in [1.807, 2.05) is 0 Å². The van der Waals surface area contributed by atoms with Crippen LogP contribution in [0.15, 0.2) is 41.3 Å². The van der Waals surface area contributed by atoms with Crippen LogP contribution in [0.25, 0.3) is 0 Å². The summed E-state index contributed by atoms with van der Waals surface area (Å²) in [6, 6.07) is 12.0. The number of hydrogen-bond acceptors (Lipinski definition) is 3. The van der Waals surface area contributed by atoms with Crippen LogP contribution in [0.3, 0.4) is 0 Å². The monoisotopic (exact) mass is 474 g/mol. The van der Waals surface area contributed by atoms with E-state index < -0.39 is 4.32 Å². The Hall–Kier alpha value is -0.690. The van der Waals surface area contributed by atoms with Crippen molar-refractivity contribution < 1.29 is 10.2 Å². The molecule has 130 valence electrons. The van der Waals surface area contributed by atoms with E-state index in [1.165, 1.54) is 4.90 Å². The van der Waals surface area contributed by atoms with Crippen LogP contribution in [0.5, 0.6) is 11.5 Å². The van der Waals surface area contributed by atoms with Gasteiger partial charge in [0.15, 0.2) is 16.4 Å². The number of halogens is 2. The van der Waals surface area contributed by atoms with Gasteiger partial charge < -0.3 is 15.5 Å². The quantitative estimate of drug-likeness (QED) is 0.352. The highest BCUT2D eigenvalue weighted by molar-refractivity contribution is 9.09. The summed E-state index contributed by atoms with van der Waals surface area (Å²) in [4.78, 5) is 1.33. The number of fused-ring (bicyclic) bond motifs is 1. The van der Waals surface area contributed by atoms with Gasteiger partial charge in [0.1, 0.15) is 12.5 Å². The van der Waals surface area contributed by atoms with E-state index in [1.54, 1.807) is 12.1 Å². The molecular weight excluding hydrogens is 454 g/mol. The molecule has 0 saturated heterocycles. The first kappa shape index (κ1) is 19.6. The number of alkyl halides is 1. The standard InChI is InChI=1S/C18H20BrNO2S.BrH/c1-23(2)14-5-3-13(4-6-14)18(19)11-20-8-7-12-9-16(21)17(22)10-15(12)18;/h3-6,9-10,20H,7-8,11H2,1-2H3,(H-,21,22);1H/p+1. The highest BCUT2D eigenvalue weighted by Gasteiger charge is 2.35. The second kappa shape index (κ2) is 7.68. The Bertz CT molecular complexity index is 722. The molecule has 3 rings (SSSR count). The average molecular weight is 476 g/mol. The van der Waals surface area contributed by atoms with Crippen LogP contribution in [0.2, 0.25) is 0 Å². The molecule has 1 heterocycles. The van der Waals surface area contributed by atoms with E-state index >= 15 is 0 Å². The van der Waals surface area contributed by atoms with E-state index in [0.717, 1.165) is 36.2 Å². The molecule has 3 N–H and O–H groups in total. The number of phenols is 2. The van der Waals surface area contributed by atoms with Crippen molar-refractivity contribution in [2.75, 3.05) is 25.6 Å². The van der Waals surface area contributed by atoms with Crippen molar-refractivity contribution in [2.45, 2.75) is 15.6 Å². The van der Waals surface area contributed by atoms with E-state index in [-0.39, 0.29) is 39.4 Å². The van der Waals surface area contributed by atoms with E-state index in [2.05, 4.69) is 58.0 Å². The van der Waals surface area contributed by atoms with Crippen molar-refractivity contribution in [1.29, 1.82) is 0 Å². The predicted molar refractivity (Wildman–Crippen MR) is 110 cm³/mol. The summed E-state index contributed by atoms with van der Waals surface area (Å²) in [5.41, 5.74) is 3.21. The zero-order chi connectivity index (χ0) is 16.6. The van der Waals surface area contributed by atoms with Crippen LogP contribution in [0, 0.1) is 0 Å². The molecule has 0 saturated carbocycles. The van der Waals surface area contributed by atoms with Gasteiger partial charge in [-0.25, -0.2) is 0 Å². The summed E-state index contributed by atoms with van der Waals surface area (Å²) in [5.74, 6) is -0.133. The summed E-state index contributed by atoms with van der Waals surface area (Å²) in [6.07, 6.45) is 5.24. The van der Waals surface area contributed by atoms with Gasteiger partial charge in [-0.05, 0) is 53.9 Å². The van der Waals surface area contributed by atoms with Gasteiger partial charge >= 0.3 is 0 Å². The second-order valence-electron chi connectivity index (χ2n) is 6.07. The van der Waals surface area contributed by atoms with Crippen LogP contribution in [-0.2, 0) is 21.6 Å². The van der Waals surface area contributed by atoms with E-state index in [9.17, 15) is 10.2 Å². The highest BCUT2D eigenvalue weighted by atomic mass is 79.9. The summed E-state index contributed by atoms with van der Waals surface area (Å²) < 4.78 is -0.414. The maximum Gasteiger partial charge on any atom is 0.157 e. The van der Waals surface area contributed by atoms with Gasteiger partial charge in [-0.1, -0.05) is 28.1 Å². The molecule has 0 spiro atoms. The lowest BCUT2D eigenvalue weighted by atomic mass is 9.87. The Kier molecular flexibility index (Phi) is 6.29. The number of nitrogens with one attached hydrogen (secondary N) is 1. The van der Waals surface area contributed by atoms with Gasteiger partial charge in [0, 0.05) is 17.4 Å². The molecule has 2 aromatic rings. The van der Waals surface area contributed by atoms with Crippen molar-refractivity contribution in [2.24, 2.45) is 0 Å². The van der Waals surface area contributed by atoms with Crippen molar-refractivity contribution in [1.82, 2.24) is 5.32 Å². The zero-order valence-corrected chi connectivity index (χ0v) is 17.8. The largest absolute Gasteiger partial charge is 0.504 e. The fourth-order valence-corrected chi connectivity index (χ4v) is 4.54. The molecule has 0 bridgehead atoms. The molecule has 0 amide bonds. The first-order valence-electron chi connectivity index (χ1n) is 7.55. The van der Waals surface area contributed by atoms with Gasteiger partial charge in [0.2, 0.25) is 0 Å². The minimum absolute atomic E-state index is 0. The molecule has 3 nitrogen and oxygen atoms in total. The summed E-state index contributed by atoms with van der Waals surface area (Å²) in [7, 11) is 0.235. The number of phenolic OH excluding ortho intramolecular Hbond substituents is 2. The fourth-order valence-electron chi connectivity index (χ4n) is 3.02. The van der Waals surface area contributed by atoms with Crippen LogP contribution in [0.1, 0.15) is 16.7 Å². The lowest BCUT2D eigenvalue weighted by Gasteiger charge is -2.29. The van der Waals surface area contributed by atoms with Gasteiger partial charge in [0.25, 0.3) is 0 Å². The molecular formula is C18H22Br2NO2S+. The average Bonchev–Trinajstić information content (AvgIpc) is 2.69. The molecule has 0 fully saturated rings. The Morgan fingerprint density at radius 3 is 2.33 bits per heavy atom. The summed E-state index contributed by atoms with van der Waals surface area (Å²) in [5, 5.41) is 23.2. The Balaban J connectivity index is 0.00000208. The number of rotatable bonds is 2. The molecule has 1 atom stereocenters. The van der Waals surface area contributed by atoms with Crippen LogP contribution in [0.4, 0.5) is 0 Å². The van der Waals surface area contributed by atoms with Crippen molar-refractivity contribution in [3.05, 3.63) is 53.1 Å². The van der Waals surface area contributed by atoms with Crippen molar-refractivity contribution in [3.8, 4) is 11.5 Å². The molecule has 1 aliphatic heterocycles. The first-order chi connectivity index (χ1) is 10.9. The summed E-state index contributed by atoms with van der Waals surface area (Å²) in [6.45, 7) is 1.57. The molecule has 0 radical (unpaired) electrons. The molecule has 1 aliphatic rings. The normalized spacial score (nSPS) is 20.2. The van der Waals surface area contributed by atoms with Gasteiger partial charge in [-0.2, -0.15) is 0 Å². The van der Waals surface area contributed by atoms with Crippen LogP contribution < -0.4 is 5.32 Å². The lowest BCUT2D eigenvalue weighted by Crippen LogP contribution is -2.32. The molecule has 2 aromatic carbocycles. The third-order valence-electron chi connectivity index (χ3n) is 4.35. The third kappa shape index (κ3) is 3.62. The Morgan fingerprint density at radius 1 is 1.08 bits per heavy atom. The first-order valence-corrected chi connectivity index (χ1v) is 10.4. The number of benzene rings is 2. The SMILES string of the molecule is Br.C[S+](C)c1ccc(C2(Br)CNCCc3cc(O)c(O)cc32)cc1. The minimum Gasteiger partial charge on any atom is -0.504 e. The second-order valence-corrected chi connectivity index (χ2v) is 9.53. The molecule has 6 heteroatoms. The van der Waals surface area contributed by atoms with Crippen molar-refractivity contribution in [3.63, 3.8) is 0 Å². The predicted octanol–water partition coefficient (Wildman–Crippen LogP) is 3.70. The number of hydrogen-bond donors (Lipinski definition) is 3. The van der Waals surface area contributed by atoms with Gasteiger partial charge in [-0.3, -0.25) is 0 Å². The zero-order valence-electron chi connectivity index (χ0n) is 13.7. The Labute approximate surface area is 164 Å². The fraction of sp³-hybridized carbons (Fsp3) is 0.333. The highest BCUT2D eigenvalue weighted by Crippen LogP contribution is 2.44. The summed E-state index contributed by atoms with van der Waals surface area (Å²) >= 11 is 3.92.